The quantitative estimate of drug-likeness (QED) is 0.825. The summed E-state index contributed by atoms with van der Waals surface area (Å²) >= 11 is 1.62. The van der Waals surface area contributed by atoms with Crippen LogP contribution in [-0.2, 0) is 6.42 Å². The number of nitrogens with zero attached hydrogens (tertiary/aromatic N) is 1. The summed E-state index contributed by atoms with van der Waals surface area (Å²) in [5.41, 5.74) is 7.43. The molecule has 1 aliphatic rings. The van der Waals surface area contributed by atoms with E-state index in [1.807, 2.05) is 6.92 Å². The van der Waals surface area contributed by atoms with Crippen LogP contribution < -0.4 is 5.73 Å². The first kappa shape index (κ1) is 8.29. The van der Waals surface area contributed by atoms with E-state index in [1.165, 1.54) is 12.8 Å². The maximum Gasteiger partial charge on any atom is 0.196 e. The lowest BCUT2D eigenvalue weighted by atomic mass is 10.3. The number of hydrogen-bond donors (Lipinski definition) is 1. The van der Waals surface area contributed by atoms with E-state index in [-0.39, 0.29) is 0 Å². The summed E-state index contributed by atoms with van der Waals surface area (Å²) in [7, 11) is 0. The van der Waals surface area contributed by atoms with Crippen LogP contribution in [0.3, 0.4) is 0 Å². The van der Waals surface area contributed by atoms with Crippen LogP contribution in [0.4, 0.5) is 5.69 Å². The molecule has 2 heterocycles. The first-order valence-corrected chi connectivity index (χ1v) is 5.70. The molecule has 3 rings (SSSR count). The highest BCUT2D eigenvalue weighted by atomic mass is 32.1. The standard InChI is InChI=1S/C10H12N2OS/c1-5-8(11)9-10(14-5)12-7(13-9)4-6-2-3-6/h6H,2-4,11H2,1H3. The van der Waals surface area contributed by atoms with E-state index >= 15 is 0 Å². The fourth-order valence-electron chi connectivity index (χ4n) is 1.60. The summed E-state index contributed by atoms with van der Waals surface area (Å²) < 4.78 is 5.64. The van der Waals surface area contributed by atoms with Gasteiger partial charge in [-0.3, -0.25) is 0 Å². The average Bonchev–Trinajstić information content (AvgIpc) is 2.80. The molecule has 0 bridgehead atoms. The minimum Gasteiger partial charge on any atom is -0.438 e. The zero-order valence-corrected chi connectivity index (χ0v) is 8.86. The predicted molar refractivity (Wildman–Crippen MR) is 57.5 cm³/mol. The molecule has 0 saturated heterocycles. The number of nitrogen functional groups attached to an aromatic ring is 1. The summed E-state index contributed by atoms with van der Waals surface area (Å²) in [4.78, 5) is 6.50. The Bertz CT molecular complexity index is 481. The summed E-state index contributed by atoms with van der Waals surface area (Å²) in [5.74, 6) is 1.67. The molecule has 74 valence electrons. The van der Waals surface area contributed by atoms with Crippen molar-refractivity contribution in [1.82, 2.24) is 4.98 Å². The topological polar surface area (TPSA) is 52.0 Å². The van der Waals surface area contributed by atoms with Gasteiger partial charge in [-0.05, 0) is 25.7 Å². The van der Waals surface area contributed by atoms with Crippen LogP contribution in [0, 0.1) is 12.8 Å². The first-order chi connectivity index (χ1) is 6.74. The number of anilines is 1. The second-order valence-corrected chi connectivity index (χ2v) is 5.16. The molecule has 1 fully saturated rings. The van der Waals surface area contributed by atoms with Gasteiger partial charge in [0.05, 0.1) is 5.69 Å². The third kappa shape index (κ3) is 1.21. The van der Waals surface area contributed by atoms with Gasteiger partial charge in [-0.1, -0.05) is 0 Å². The number of aromatic nitrogens is 1. The predicted octanol–water partition coefficient (Wildman–Crippen LogP) is 2.73. The highest BCUT2D eigenvalue weighted by Crippen LogP contribution is 2.36. The van der Waals surface area contributed by atoms with Crippen molar-refractivity contribution in [2.24, 2.45) is 5.92 Å². The second kappa shape index (κ2) is 2.73. The zero-order chi connectivity index (χ0) is 9.71. The van der Waals surface area contributed by atoms with E-state index < -0.39 is 0 Å². The number of fused-ring (bicyclic) bond motifs is 1. The van der Waals surface area contributed by atoms with Gasteiger partial charge in [0.15, 0.2) is 16.3 Å². The normalized spacial score (nSPS) is 16.6. The highest BCUT2D eigenvalue weighted by molar-refractivity contribution is 7.19. The van der Waals surface area contributed by atoms with Crippen molar-refractivity contribution in [3.05, 3.63) is 10.8 Å². The van der Waals surface area contributed by atoms with Gasteiger partial charge in [0, 0.05) is 11.3 Å². The molecule has 0 aromatic carbocycles. The molecule has 0 unspecified atom stereocenters. The summed E-state index contributed by atoms with van der Waals surface area (Å²) in [5, 5.41) is 0. The molecular formula is C10H12N2OS. The Kier molecular flexibility index (Phi) is 1.62. The molecule has 1 saturated carbocycles. The minimum absolute atomic E-state index is 0.763. The fraction of sp³-hybridized carbons (Fsp3) is 0.500. The van der Waals surface area contributed by atoms with Crippen LogP contribution in [0.5, 0.6) is 0 Å². The van der Waals surface area contributed by atoms with Crippen molar-refractivity contribution >= 4 is 27.4 Å². The minimum atomic E-state index is 0.763. The van der Waals surface area contributed by atoms with Crippen LogP contribution >= 0.6 is 11.3 Å². The van der Waals surface area contributed by atoms with E-state index in [0.717, 1.165) is 39.2 Å². The Morgan fingerprint density at radius 1 is 1.57 bits per heavy atom. The maximum atomic E-state index is 5.87. The SMILES string of the molecule is Cc1sc2nc(CC3CC3)oc2c1N. The number of aryl methyl sites for hydroxylation is 1. The molecule has 0 spiro atoms. The number of oxazole rings is 1. The van der Waals surface area contributed by atoms with Crippen LogP contribution in [0.2, 0.25) is 0 Å². The summed E-state index contributed by atoms with van der Waals surface area (Å²) in [6, 6.07) is 0. The van der Waals surface area contributed by atoms with E-state index in [0.29, 0.717) is 0 Å². The van der Waals surface area contributed by atoms with Crippen molar-refractivity contribution in [3.8, 4) is 0 Å². The molecule has 4 heteroatoms. The van der Waals surface area contributed by atoms with E-state index in [4.69, 9.17) is 10.2 Å². The summed E-state index contributed by atoms with van der Waals surface area (Å²) in [6.45, 7) is 2.00. The Morgan fingerprint density at radius 2 is 2.36 bits per heavy atom. The molecule has 0 atom stereocenters. The van der Waals surface area contributed by atoms with Crippen LogP contribution in [0.25, 0.3) is 10.4 Å². The molecule has 2 aromatic rings. The molecule has 1 aliphatic carbocycles. The van der Waals surface area contributed by atoms with E-state index in [9.17, 15) is 0 Å². The van der Waals surface area contributed by atoms with Crippen LogP contribution in [0.15, 0.2) is 4.42 Å². The van der Waals surface area contributed by atoms with Crippen LogP contribution in [-0.4, -0.2) is 4.98 Å². The Labute approximate surface area is 85.9 Å². The molecule has 2 N–H and O–H groups in total. The van der Waals surface area contributed by atoms with E-state index in [1.54, 1.807) is 11.3 Å². The van der Waals surface area contributed by atoms with Gasteiger partial charge in [-0.15, -0.1) is 11.3 Å². The Hall–Kier alpha value is -1.03. The molecule has 0 radical (unpaired) electrons. The number of rotatable bonds is 2. The van der Waals surface area contributed by atoms with Gasteiger partial charge in [0.25, 0.3) is 0 Å². The molecule has 0 amide bonds. The smallest absolute Gasteiger partial charge is 0.196 e. The third-order valence-electron chi connectivity index (χ3n) is 2.67. The lowest BCUT2D eigenvalue weighted by Crippen LogP contribution is -1.86. The lowest BCUT2D eigenvalue weighted by Gasteiger charge is -1.90. The summed E-state index contributed by atoms with van der Waals surface area (Å²) in [6.07, 6.45) is 3.63. The van der Waals surface area contributed by atoms with Crippen molar-refractivity contribution in [3.63, 3.8) is 0 Å². The van der Waals surface area contributed by atoms with Gasteiger partial charge in [0.1, 0.15) is 0 Å². The maximum absolute atomic E-state index is 5.87. The Morgan fingerprint density at radius 3 is 3.00 bits per heavy atom. The van der Waals surface area contributed by atoms with Gasteiger partial charge in [-0.25, -0.2) is 4.98 Å². The van der Waals surface area contributed by atoms with Crippen molar-refractivity contribution < 1.29 is 4.42 Å². The monoisotopic (exact) mass is 208 g/mol. The van der Waals surface area contributed by atoms with Crippen molar-refractivity contribution in [2.45, 2.75) is 26.2 Å². The van der Waals surface area contributed by atoms with Gasteiger partial charge >= 0.3 is 0 Å². The van der Waals surface area contributed by atoms with Crippen molar-refractivity contribution in [1.29, 1.82) is 0 Å². The van der Waals surface area contributed by atoms with Gasteiger partial charge in [-0.2, -0.15) is 0 Å². The van der Waals surface area contributed by atoms with Crippen molar-refractivity contribution in [2.75, 3.05) is 5.73 Å². The molecule has 14 heavy (non-hydrogen) atoms. The highest BCUT2D eigenvalue weighted by Gasteiger charge is 2.24. The Balaban J connectivity index is 2.02. The molecule has 0 aliphatic heterocycles. The largest absolute Gasteiger partial charge is 0.438 e. The molecule has 3 nitrogen and oxygen atoms in total. The third-order valence-corrected chi connectivity index (χ3v) is 3.67. The fourth-order valence-corrected chi connectivity index (χ4v) is 2.49. The zero-order valence-electron chi connectivity index (χ0n) is 8.04. The number of thiophene rings is 1. The average molecular weight is 208 g/mol. The van der Waals surface area contributed by atoms with Gasteiger partial charge in [0.2, 0.25) is 0 Å². The number of hydrogen-bond acceptors (Lipinski definition) is 4. The lowest BCUT2D eigenvalue weighted by molar-refractivity contribution is 0.515. The number of nitrogens with two attached hydrogens (primary N) is 1. The second-order valence-electron chi connectivity index (χ2n) is 3.96. The van der Waals surface area contributed by atoms with Crippen LogP contribution in [0.1, 0.15) is 23.6 Å². The molecular weight excluding hydrogens is 196 g/mol. The van der Waals surface area contributed by atoms with E-state index in [2.05, 4.69) is 4.98 Å². The molecule has 2 aromatic heterocycles. The van der Waals surface area contributed by atoms with Gasteiger partial charge < -0.3 is 10.2 Å². The first-order valence-electron chi connectivity index (χ1n) is 4.88.